The molecule has 0 unspecified atom stereocenters. The lowest BCUT2D eigenvalue weighted by atomic mass is 10.2. The Balaban J connectivity index is 2.20. The maximum absolute atomic E-state index is 11.2. The van der Waals surface area contributed by atoms with Gasteiger partial charge >= 0.3 is 5.97 Å². The molecule has 114 valence electrons. The second kappa shape index (κ2) is 6.57. The number of rotatable bonds is 6. The number of carbonyl (C=O) groups is 1. The molecule has 2 rings (SSSR count). The zero-order chi connectivity index (χ0) is 16.1. The highest BCUT2D eigenvalue weighted by atomic mass is 16.6. The standard InChI is InChI=1S/C15H13NO6/c1-21-13-4-2-3-12(15(17)18)14(13)22-9-10-5-7-11(8-6-10)16(19)20/h2-8H,9H2,1H3,(H,17,18). The number of methoxy groups -OCH3 is 1. The van der Waals surface area contributed by atoms with Crippen molar-refractivity contribution in [2.75, 3.05) is 7.11 Å². The molecule has 0 bridgehead atoms. The molecule has 0 aliphatic heterocycles. The molecule has 7 nitrogen and oxygen atoms in total. The molecule has 2 aromatic carbocycles. The average molecular weight is 303 g/mol. The Morgan fingerprint density at radius 3 is 2.45 bits per heavy atom. The van der Waals surface area contributed by atoms with Crippen molar-refractivity contribution in [3.8, 4) is 11.5 Å². The van der Waals surface area contributed by atoms with Crippen LogP contribution in [0.5, 0.6) is 11.5 Å². The van der Waals surface area contributed by atoms with Crippen LogP contribution in [0.25, 0.3) is 0 Å². The van der Waals surface area contributed by atoms with Gasteiger partial charge in [-0.05, 0) is 29.8 Å². The fraction of sp³-hybridized carbons (Fsp3) is 0.133. The van der Waals surface area contributed by atoms with Crippen LogP contribution in [0.15, 0.2) is 42.5 Å². The van der Waals surface area contributed by atoms with Gasteiger partial charge < -0.3 is 14.6 Å². The van der Waals surface area contributed by atoms with E-state index in [1.54, 1.807) is 24.3 Å². The average Bonchev–Trinajstić information content (AvgIpc) is 2.52. The van der Waals surface area contributed by atoms with Gasteiger partial charge in [-0.1, -0.05) is 6.07 Å². The molecule has 1 N–H and O–H groups in total. The van der Waals surface area contributed by atoms with Crippen molar-refractivity contribution in [2.24, 2.45) is 0 Å². The summed E-state index contributed by atoms with van der Waals surface area (Å²) in [6.45, 7) is 0.0681. The summed E-state index contributed by atoms with van der Waals surface area (Å²) in [6.07, 6.45) is 0. The van der Waals surface area contributed by atoms with Crippen LogP contribution in [0, 0.1) is 10.1 Å². The summed E-state index contributed by atoms with van der Waals surface area (Å²) in [5, 5.41) is 19.8. The zero-order valence-electron chi connectivity index (χ0n) is 11.7. The van der Waals surface area contributed by atoms with Crippen molar-refractivity contribution in [1.29, 1.82) is 0 Å². The predicted molar refractivity (Wildman–Crippen MR) is 77.4 cm³/mol. The number of hydrogen-bond donors (Lipinski definition) is 1. The van der Waals surface area contributed by atoms with Crippen LogP contribution >= 0.6 is 0 Å². The first-order chi connectivity index (χ1) is 10.5. The molecule has 7 heteroatoms. The minimum Gasteiger partial charge on any atom is -0.493 e. The van der Waals surface area contributed by atoms with E-state index in [1.807, 2.05) is 0 Å². The molecule has 0 saturated heterocycles. The lowest BCUT2D eigenvalue weighted by molar-refractivity contribution is -0.384. The molecule has 0 atom stereocenters. The molecular formula is C15H13NO6. The third-order valence-corrected chi connectivity index (χ3v) is 2.96. The summed E-state index contributed by atoms with van der Waals surface area (Å²) < 4.78 is 10.6. The molecule has 0 saturated carbocycles. The molecule has 0 heterocycles. The summed E-state index contributed by atoms with van der Waals surface area (Å²) in [7, 11) is 1.42. The Morgan fingerprint density at radius 2 is 1.91 bits per heavy atom. The van der Waals surface area contributed by atoms with E-state index in [4.69, 9.17) is 14.6 Å². The quantitative estimate of drug-likeness (QED) is 0.650. The van der Waals surface area contributed by atoms with Gasteiger partial charge in [0.15, 0.2) is 11.5 Å². The highest BCUT2D eigenvalue weighted by molar-refractivity contribution is 5.92. The van der Waals surface area contributed by atoms with Crippen LogP contribution in [0.4, 0.5) is 5.69 Å². The van der Waals surface area contributed by atoms with Crippen molar-refractivity contribution in [3.63, 3.8) is 0 Å². The minimum atomic E-state index is -1.13. The highest BCUT2D eigenvalue weighted by Gasteiger charge is 2.16. The Hall–Kier alpha value is -3.09. The van der Waals surface area contributed by atoms with E-state index >= 15 is 0 Å². The van der Waals surface area contributed by atoms with Crippen molar-refractivity contribution >= 4 is 11.7 Å². The van der Waals surface area contributed by atoms with Gasteiger partial charge in [-0.15, -0.1) is 0 Å². The van der Waals surface area contributed by atoms with Gasteiger partial charge in [-0.3, -0.25) is 10.1 Å². The topological polar surface area (TPSA) is 98.9 Å². The molecule has 0 radical (unpaired) electrons. The van der Waals surface area contributed by atoms with Crippen LogP contribution in [0.3, 0.4) is 0 Å². The van der Waals surface area contributed by atoms with E-state index in [2.05, 4.69) is 0 Å². The number of nitro benzene ring substituents is 1. The number of hydrogen-bond acceptors (Lipinski definition) is 5. The Bertz CT molecular complexity index is 696. The maximum atomic E-state index is 11.2. The second-order valence-corrected chi connectivity index (χ2v) is 4.35. The van der Waals surface area contributed by atoms with E-state index in [-0.39, 0.29) is 23.6 Å². The van der Waals surface area contributed by atoms with Gasteiger partial charge in [0, 0.05) is 12.1 Å². The summed E-state index contributed by atoms with van der Waals surface area (Å²) in [6, 6.07) is 10.4. The number of aromatic carboxylic acids is 1. The van der Waals surface area contributed by atoms with Crippen LogP contribution in [0.1, 0.15) is 15.9 Å². The van der Waals surface area contributed by atoms with Crippen molar-refractivity contribution < 1.29 is 24.3 Å². The Morgan fingerprint density at radius 1 is 1.23 bits per heavy atom. The summed E-state index contributed by atoms with van der Waals surface area (Å²) >= 11 is 0. The fourth-order valence-electron chi connectivity index (χ4n) is 1.86. The fourth-order valence-corrected chi connectivity index (χ4v) is 1.86. The van der Waals surface area contributed by atoms with Crippen LogP contribution < -0.4 is 9.47 Å². The van der Waals surface area contributed by atoms with Crippen LogP contribution in [-0.4, -0.2) is 23.1 Å². The largest absolute Gasteiger partial charge is 0.493 e. The maximum Gasteiger partial charge on any atom is 0.339 e. The molecule has 0 spiro atoms. The van der Waals surface area contributed by atoms with E-state index in [9.17, 15) is 14.9 Å². The van der Waals surface area contributed by atoms with E-state index in [1.165, 1.54) is 25.3 Å². The first kappa shape index (κ1) is 15.3. The van der Waals surface area contributed by atoms with Gasteiger partial charge in [0.25, 0.3) is 5.69 Å². The molecule has 0 aliphatic carbocycles. The smallest absolute Gasteiger partial charge is 0.339 e. The van der Waals surface area contributed by atoms with Crippen molar-refractivity contribution in [3.05, 3.63) is 63.7 Å². The number of ether oxygens (including phenoxy) is 2. The van der Waals surface area contributed by atoms with Gasteiger partial charge in [0.1, 0.15) is 12.2 Å². The molecule has 0 fully saturated rings. The Kier molecular flexibility index (Phi) is 4.57. The van der Waals surface area contributed by atoms with E-state index in [0.717, 1.165) is 0 Å². The van der Waals surface area contributed by atoms with Gasteiger partial charge in [-0.2, -0.15) is 0 Å². The summed E-state index contributed by atoms with van der Waals surface area (Å²) in [4.78, 5) is 21.3. The van der Waals surface area contributed by atoms with Crippen molar-refractivity contribution in [1.82, 2.24) is 0 Å². The first-order valence-electron chi connectivity index (χ1n) is 6.29. The number of carboxylic acids is 1. The lowest BCUT2D eigenvalue weighted by Gasteiger charge is -2.13. The Labute approximate surface area is 125 Å². The number of carboxylic acid groups (broad SMARTS) is 1. The summed E-state index contributed by atoms with van der Waals surface area (Å²) in [5.41, 5.74) is 0.640. The van der Waals surface area contributed by atoms with Gasteiger partial charge in [-0.25, -0.2) is 4.79 Å². The van der Waals surface area contributed by atoms with E-state index in [0.29, 0.717) is 11.3 Å². The van der Waals surface area contributed by atoms with Gasteiger partial charge in [0.05, 0.1) is 12.0 Å². The number of non-ortho nitro benzene ring substituents is 1. The number of benzene rings is 2. The molecule has 2 aromatic rings. The lowest BCUT2D eigenvalue weighted by Crippen LogP contribution is -2.05. The number of para-hydroxylation sites is 1. The third-order valence-electron chi connectivity index (χ3n) is 2.96. The number of nitrogens with zero attached hydrogens (tertiary/aromatic N) is 1. The van der Waals surface area contributed by atoms with E-state index < -0.39 is 10.9 Å². The predicted octanol–water partition coefficient (Wildman–Crippen LogP) is 2.88. The van der Waals surface area contributed by atoms with Crippen molar-refractivity contribution in [2.45, 2.75) is 6.61 Å². The second-order valence-electron chi connectivity index (χ2n) is 4.35. The zero-order valence-corrected chi connectivity index (χ0v) is 11.7. The molecule has 0 aliphatic rings. The SMILES string of the molecule is COc1cccc(C(=O)O)c1OCc1ccc([N+](=O)[O-])cc1. The summed E-state index contributed by atoms with van der Waals surface area (Å²) in [5.74, 6) is -0.699. The number of nitro groups is 1. The highest BCUT2D eigenvalue weighted by Crippen LogP contribution is 2.31. The minimum absolute atomic E-state index is 0.0127. The molecule has 0 aromatic heterocycles. The molecular weight excluding hydrogens is 290 g/mol. The monoisotopic (exact) mass is 303 g/mol. The molecule has 0 amide bonds. The van der Waals surface area contributed by atoms with Crippen LogP contribution in [-0.2, 0) is 6.61 Å². The van der Waals surface area contributed by atoms with Crippen LogP contribution in [0.2, 0.25) is 0 Å². The normalized spacial score (nSPS) is 10.0. The third kappa shape index (κ3) is 3.32. The first-order valence-corrected chi connectivity index (χ1v) is 6.29. The van der Waals surface area contributed by atoms with Gasteiger partial charge in [0.2, 0.25) is 0 Å². The molecule has 22 heavy (non-hydrogen) atoms.